The van der Waals surface area contributed by atoms with Crippen molar-refractivity contribution in [3.63, 3.8) is 0 Å². The Labute approximate surface area is 102 Å². The van der Waals surface area contributed by atoms with E-state index < -0.39 is 0 Å². The van der Waals surface area contributed by atoms with E-state index in [1.165, 1.54) is 51.6 Å². The van der Waals surface area contributed by atoms with Gasteiger partial charge in [-0.25, -0.2) is 0 Å². The van der Waals surface area contributed by atoms with Gasteiger partial charge in [0, 0.05) is 19.1 Å². The van der Waals surface area contributed by atoms with Crippen molar-refractivity contribution in [1.29, 1.82) is 0 Å². The molecule has 0 radical (unpaired) electrons. The summed E-state index contributed by atoms with van der Waals surface area (Å²) < 4.78 is 0. The van der Waals surface area contributed by atoms with Crippen LogP contribution in [0.25, 0.3) is 0 Å². The summed E-state index contributed by atoms with van der Waals surface area (Å²) in [4.78, 5) is 2.53. The Balaban J connectivity index is 2.16. The summed E-state index contributed by atoms with van der Waals surface area (Å²) in [5, 5.41) is 3.63. The van der Waals surface area contributed by atoms with Gasteiger partial charge in [0.2, 0.25) is 0 Å². The van der Waals surface area contributed by atoms with Crippen LogP contribution < -0.4 is 5.32 Å². The molecule has 1 fully saturated rings. The molecular weight excluding hydrogens is 196 g/mol. The minimum Gasteiger partial charge on any atom is -0.313 e. The maximum absolute atomic E-state index is 3.63. The molecule has 2 nitrogen and oxygen atoms in total. The Morgan fingerprint density at radius 1 is 1.25 bits per heavy atom. The van der Waals surface area contributed by atoms with Crippen LogP contribution in [0.15, 0.2) is 0 Å². The summed E-state index contributed by atoms with van der Waals surface area (Å²) in [7, 11) is 2.29. The Morgan fingerprint density at radius 3 is 2.50 bits per heavy atom. The molecule has 1 rings (SSSR count). The molecule has 0 heterocycles. The molecule has 1 atom stereocenters. The Hall–Kier alpha value is -0.0800. The van der Waals surface area contributed by atoms with Crippen LogP contribution in [0.5, 0.6) is 0 Å². The van der Waals surface area contributed by atoms with Crippen molar-refractivity contribution in [3.05, 3.63) is 0 Å². The third-order valence-corrected chi connectivity index (χ3v) is 3.75. The molecule has 1 aliphatic rings. The van der Waals surface area contributed by atoms with Gasteiger partial charge in [-0.3, -0.25) is 0 Å². The van der Waals surface area contributed by atoms with Crippen molar-refractivity contribution >= 4 is 0 Å². The third kappa shape index (κ3) is 5.31. The van der Waals surface area contributed by atoms with E-state index in [4.69, 9.17) is 0 Å². The van der Waals surface area contributed by atoms with Crippen molar-refractivity contribution < 1.29 is 0 Å². The van der Waals surface area contributed by atoms with Crippen molar-refractivity contribution in [2.75, 3.05) is 26.7 Å². The minimum atomic E-state index is 0.686. The molecule has 1 saturated carbocycles. The molecule has 1 N–H and O–H groups in total. The smallest absolute Gasteiger partial charge is 0.0192 e. The molecule has 2 heteroatoms. The van der Waals surface area contributed by atoms with Crippen molar-refractivity contribution in [2.45, 2.75) is 58.4 Å². The molecule has 0 aromatic carbocycles. The van der Waals surface area contributed by atoms with Gasteiger partial charge in [-0.1, -0.05) is 26.7 Å². The van der Waals surface area contributed by atoms with Crippen LogP contribution in [-0.2, 0) is 0 Å². The number of likely N-dealkylation sites (N-methyl/N-ethyl adjacent to an activating group) is 1. The van der Waals surface area contributed by atoms with Crippen LogP contribution in [0.3, 0.4) is 0 Å². The lowest BCUT2D eigenvalue weighted by atomic mass is 10.1. The number of hydrogen-bond acceptors (Lipinski definition) is 2. The van der Waals surface area contributed by atoms with Crippen LogP contribution in [0, 0.1) is 5.92 Å². The summed E-state index contributed by atoms with van der Waals surface area (Å²) in [6, 6.07) is 0.686. The second kappa shape index (κ2) is 8.08. The lowest BCUT2D eigenvalue weighted by molar-refractivity contribution is 0.246. The fraction of sp³-hybridized carbons (Fsp3) is 1.00. The van der Waals surface area contributed by atoms with E-state index in [0.717, 1.165) is 12.5 Å². The maximum Gasteiger partial charge on any atom is 0.0192 e. The zero-order valence-electron chi connectivity index (χ0n) is 11.5. The average molecular weight is 226 g/mol. The summed E-state index contributed by atoms with van der Waals surface area (Å²) in [6.07, 6.45) is 8.33. The molecular formula is C14H30N2. The van der Waals surface area contributed by atoms with Crippen LogP contribution in [0.1, 0.15) is 52.4 Å². The normalized spacial score (nSPS) is 19.5. The summed E-state index contributed by atoms with van der Waals surface area (Å²) in [5.74, 6) is 0.980. The molecule has 0 aromatic rings. The first-order chi connectivity index (χ1) is 7.76. The van der Waals surface area contributed by atoms with Crippen LogP contribution >= 0.6 is 0 Å². The van der Waals surface area contributed by atoms with E-state index in [9.17, 15) is 0 Å². The first kappa shape index (κ1) is 14.0. The first-order valence-corrected chi connectivity index (χ1v) is 7.18. The highest BCUT2D eigenvalue weighted by molar-refractivity contribution is 4.74. The molecule has 0 saturated heterocycles. The van der Waals surface area contributed by atoms with E-state index >= 15 is 0 Å². The lowest BCUT2D eigenvalue weighted by Crippen LogP contribution is -2.40. The van der Waals surface area contributed by atoms with Gasteiger partial charge in [0.05, 0.1) is 0 Å². The van der Waals surface area contributed by atoms with E-state index in [2.05, 4.69) is 31.1 Å². The lowest BCUT2D eigenvalue weighted by Gasteiger charge is -2.26. The van der Waals surface area contributed by atoms with Gasteiger partial charge in [0.1, 0.15) is 0 Å². The highest BCUT2D eigenvalue weighted by atomic mass is 15.1. The van der Waals surface area contributed by atoms with Crippen LogP contribution in [0.4, 0.5) is 0 Å². The topological polar surface area (TPSA) is 15.3 Å². The molecule has 16 heavy (non-hydrogen) atoms. The summed E-state index contributed by atoms with van der Waals surface area (Å²) >= 11 is 0. The summed E-state index contributed by atoms with van der Waals surface area (Å²) in [5.41, 5.74) is 0. The van der Waals surface area contributed by atoms with E-state index in [-0.39, 0.29) is 0 Å². The fourth-order valence-electron chi connectivity index (χ4n) is 2.77. The zero-order chi connectivity index (χ0) is 11.8. The standard InChI is InChI=1S/C14H30N2/c1-4-10-15-14(5-2)12-16(3)11-13-8-6-7-9-13/h13-15H,4-12H2,1-3H3. The molecule has 1 unspecified atom stereocenters. The van der Waals surface area contributed by atoms with Gasteiger partial charge >= 0.3 is 0 Å². The Morgan fingerprint density at radius 2 is 1.94 bits per heavy atom. The monoisotopic (exact) mass is 226 g/mol. The van der Waals surface area contributed by atoms with Gasteiger partial charge in [-0.05, 0) is 45.2 Å². The predicted octanol–water partition coefficient (Wildman–Crippen LogP) is 2.89. The Kier molecular flexibility index (Phi) is 7.06. The predicted molar refractivity (Wildman–Crippen MR) is 71.8 cm³/mol. The van der Waals surface area contributed by atoms with Gasteiger partial charge in [-0.15, -0.1) is 0 Å². The van der Waals surface area contributed by atoms with Gasteiger partial charge in [0.25, 0.3) is 0 Å². The van der Waals surface area contributed by atoms with E-state index in [1.54, 1.807) is 0 Å². The average Bonchev–Trinajstić information content (AvgIpc) is 2.76. The van der Waals surface area contributed by atoms with Gasteiger partial charge < -0.3 is 10.2 Å². The Bertz CT molecular complexity index is 164. The van der Waals surface area contributed by atoms with Gasteiger partial charge in [0.15, 0.2) is 0 Å². The van der Waals surface area contributed by atoms with Crippen LogP contribution in [0.2, 0.25) is 0 Å². The molecule has 96 valence electrons. The second-order valence-corrected chi connectivity index (χ2v) is 5.43. The third-order valence-electron chi connectivity index (χ3n) is 3.75. The maximum atomic E-state index is 3.63. The number of nitrogens with zero attached hydrogens (tertiary/aromatic N) is 1. The highest BCUT2D eigenvalue weighted by Crippen LogP contribution is 2.25. The van der Waals surface area contributed by atoms with Crippen molar-refractivity contribution in [3.8, 4) is 0 Å². The second-order valence-electron chi connectivity index (χ2n) is 5.43. The first-order valence-electron chi connectivity index (χ1n) is 7.18. The molecule has 0 bridgehead atoms. The zero-order valence-corrected chi connectivity index (χ0v) is 11.5. The molecule has 1 aliphatic carbocycles. The largest absolute Gasteiger partial charge is 0.313 e. The molecule has 0 amide bonds. The van der Waals surface area contributed by atoms with Crippen molar-refractivity contribution in [2.24, 2.45) is 5.92 Å². The molecule has 0 aliphatic heterocycles. The fourth-order valence-corrected chi connectivity index (χ4v) is 2.77. The quantitative estimate of drug-likeness (QED) is 0.684. The number of nitrogens with one attached hydrogen (secondary N) is 1. The molecule has 0 aromatic heterocycles. The van der Waals surface area contributed by atoms with E-state index in [0.29, 0.717) is 6.04 Å². The van der Waals surface area contributed by atoms with E-state index in [1.807, 2.05) is 0 Å². The SMILES string of the molecule is CCCNC(CC)CN(C)CC1CCCC1. The van der Waals surface area contributed by atoms with Gasteiger partial charge in [-0.2, -0.15) is 0 Å². The minimum absolute atomic E-state index is 0.686. The number of hydrogen-bond donors (Lipinski definition) is 1. The van der Waals surface area contributed by atoms with Crippen LogP contribution in [-0.4, -0.2) is 37.6 Å². The summed E-state index contributed by atoms with van der Waals surface area (Å²) in [6.45, 7) is 8.21. The highest BCUT2D eigenvalue weighted by Gasteiger charge is 2.18. The number of rotatable bonds is 8. The van der Waals surface area contributed by atoms with Crippen molar-refractivity contribution in [1.82, 2.24) is 10.2 Å². The molecule has 0 spiro atoms.